The number of rotatable bonds is 6. The van der Waals surface area contributed by atoms with Crippen LogP contribution in [0.4, 0.5) is 5.69 Å². The fraction of sp³-hybridized carbons (Fsp3) is 0.667. The second kappa shape index (κ2) is 9.27. The monoisotopic (exact) mass is 407 g/mol. The lowest BCUT2D eigenvalue weighted by Gasteiger charge is -2.34. The molecule has 2 fully saturated rings. The quantitative estimate of drug-likeness (QED) is 0.736. The van der Waals surface area contributed by atoms with E-state index in [2.05, 4.69) is 24.1 Å². The van der Waals surface area contributed by atoms with Crippen LogP contribution in [0.3, 0.4) is 0 Å². The van der Waals surface area contributed by atoms with Crippen LogP contribution in [0.2, 0.25) is 0 Å². The van der Waals surface area contributed by atoms with Gasteiger partial charge in [-0.05, 0) is 62.3 Å². The van der Waals surface area contributed by atoms with Crippen LogP contribution in [-0.2, 0) is 10.0 Å². The van der Waals surface area contributed by atoms with E-state index >= 15 is 0 Å². The van der Waals surface area contributed by atoms with Gasteiger partial charge in [-0.25, -0.2) is 8.42 Å². The van der Waals surface area contributed by atoms with Gasteiger partial charge in [-0.3, -0.25) is 9.10 Å². The van der Waals surface area contributed by atoms with Crippen molar-refractivity contribution in [3.63, 3.8) is 0 Å². The minimum absolute atomic E-state index is 0.142. The number of amides is 1. The summed E-state index contributed by atoms with van der Waals surface area (Å²) in [6.07, 6.45) is 3.78. The molecule has 2 saturated heterocycles. The van der Waals surface area contributed by atoms with Gasteiger partial charge in [0.25, 0.3) is 5.91 Å². The molecule has 0 radical (unpaired) electrons. The Morgan fingerprint density at radius 2 is 1.93 bits per heavy atom. The summed E-state index contributed by atoms with van der Waals surface area (Å²) in [5, 5.41) is 2.98. The van der Waals surface area contributed by atoms with Gasteiger partial charge in [0, 0.05) is 31.7 Å². The van der Waals surface area contributed by atoms with E-state index in [1.54, 1.807) is 24.3 Å². The number of carbonyl (C=O) groups is 1. The number of anilines is 1. The second-order valence-corrected chi connectivity index (χ2v) is 10.5. The number of benzene rings is 1. The molecule has 0 aliphatic carbocycles. The third-order valence-electron chi connectivity index (χ3n) is 5.63. The van der Waals surface area contributed by atoms with Crippen molar-refractivity contribution in [1.82, 2.24) is 10.2 Å². The molecule has 2 aliphatic heterocycles. The van der Waals surface area contributed by atoms with Crippen molar-refractivity contribution in [2.45, 2.75) is 39.5 Å². The zero-order valence-corrected chi connectivity index (χ0v) is 17.9. The van der Waals surface area contributed by atoms with Gasteiger partial charge in [0.2, 0.25) is 10.0 Å². The molecule has 2 aliphatic rings. The molecule has 1 N–H and O–H groups in total. The van der Waals surface area contributed by atoms with Crippen LogP contribution in [0.1, 0.15) is 49.9 Å². The van der Waals surface area contributed by atoms with Gasteiger partial charge in [0.1, 0.15) is 0 Å². The fourth-order valence-electron chi connectivity index (χ4n) is 4.46. The largest absolute Gasteiger partial charge is 0.352 e. The molecule has 156 valence electrons. The summed E-state index contributed by atoms with van der Waals surface area (Å²) in [7, 11) is -3.27. The minimum Gasteiger partial charge on any atom is -0.352 e. The topological polar surface area (TPSA) is 69.7 Å². The molecule has 7 heteroatoms. The summed E-state index contributed by atoms with van der Waals surface area (Å²) in [6, 6.07) is 6.94. The maximum Gasteiger partial charge on any atom is 0.251 e. The molecule has 6 nitrogen and oxygen atoms in total. The zero-order chi connectivity index (χ0) is 20.1. The Balaban J connectivity index is 1.51. The van der Waals surface area contributed by atoms with Crippen molar-refractivity contribution in [2.24, 2.45) is 11.8 Å². The number of hydrogen-bond acceptors (Lipinski definition) is 4. The van der Waals surface area contributed by atoms with Gasteiger partial charge in [0.15, 0.2) is 0 Å². The van der Waals surface area contributed by atoms with E-state index in [0.717, 1.165) is 44.3 Å². The molecule has 2 atom stereocenters. The normalized spacial score (nSPS) is 25.4. The molecule has 2 heterocycles. The Bertz CT molecular complexity index is 771. The first-order chi connectivity index (χ1) is 13.3. The standard InChI is InChI=1S/C21H33N3O3S/c1-17-13-18(2)16-23(15-17)10-6-9-22-21(25)19-7-5-8-20(14-19)24-11-3-4-12-28(24,26)27/h5,7-8,14,17-18H,3-4,6,9-13,15-16H2,1-2H3,(H,22,25)/t17-,18-/m0/s1. The number of sulfonamides is 1. The Hall–Kier alpha value is -1.60. The zero-order valence-electron chi connectivity index (χ0n) is 17.1. The lowest BCUT2D eigenvalue weighted by molar-refractivity contribution is 0.0947. The second-order valence-electron chi connectivity index (χ2n) is 8.46. The number of hydrogen-bond donors (Lipinski definition) is 1. The Morgan fingerprint density at radius 1 is 1.18 bits per heavy atom. The van der Waals surface area contributed by atoms with Crippen LogP contribution in [0.5, 0.6) is 0 Å². The highest BCUT2D eigenvalue weighted by atomic mass is 32.2. The van der Waals surface area contributed by atoms with E-state index in [0.29, 0.717) is 30.8 Å². The molecule has 0 aromatic heterocycles. The van der Waals surface area contributed by atoms with E-state index in [-0.39, 0.29) is 11.7 Å². The van der Waals surface area contributed by atoms with Gasteiger partial charge in [-0.15, -0.1) is 0 Å². The first-order valence-electron chi connectivity index (χ1n) is 10.5. The number of likely N-dealkylation sites (tertiary alicyclic amines) is 1. The number of nitrogens with one attached hydrogen (secondary N) is 1. The maximum absolute atomic E-state index is 12.5. The van der Waals surface area contributed by atoms with E-state index in [4.69, 9.17) is 0 Å². The van der Waals surface area contributed by atoms with Gasteiger partial charge < -0.3 is 10.2 Å². The third-order valence-corrected chi connectivity index (χ3v) is 7.50. The lowest BCUT2D eigenvalue weighted by atomic mass is 9.92. The molecule has 3 rings (SSSR count). The predicted octanol–water partition coefficient (Wildman–Crippen LogP) is 2.71. The van der Waals surface area contributed by atoms with Crippen molar-refractivity contribution in [2.75, 3.05) is 42.8 Å². The van der Waals surface area contributed by atoms with Gasteiger partial charge in [-0.1, -0.05) is 19.9 Å². The van der Waals surface area contributed by atoms with Crippen LogP contribution in [0.25, 0.3) is 0 Å². The van der Waals surface area contributed by atoms with Crippen molar-refractivity contribution in [3.8, 4) is 0 Å². The molecule has 0 spiro atoms. The summed E-state index contributed by atoms with van der Waals surface area (Å²) in [5.41, 5.74) is 1.10. The maximum atomic E-state index is 12.5. The van der Waals surface area contributed by atoms with Crippen molar-refractivity contribution in [3.05, 3.63) is 29.8 Å². The summed E-state index contributed by atoms with van der Waals surface area (Å²) in [5.74, 6) is 1.52. The van der Waals surface area contributed by atoms with Gasteiger partial charge >= 0.3 is 0 Å². The average molecular weight is 408 g/mol. The van der Waals surface area contributed by atoms with Gasteiger partial charge in [-0.2, -0.15) is 0 Å². The Kier molecular flexibility index (Phi) is 6.99. The molecule has 0 unspecified atom stereocenters. The third kappa shape index (κ3) is 5.47. The number of carbonyl (C=O) groups excluding carboxylic acids is 1. The predicted molar refractivity (Wildman–Crippen MR) is 113 cm³/mol. The van der Waals surface area contributed by atoms with Crippen molar-refractivity contribution in [1.29, 1.82) is 0 Å². The smallest absolute Gasteiger partial charge is 0.251 e. The molecular formula is C21H33N3O3S. The van der Waals surface area contributed by atoms with Crippen LogP contribution in [0, 0.1) is 11.8 Å². The number of nitrogens with zero attached hydrogens (tertiary/aromatic N) is 2. The summed E-state index contributed by atoms with van der Waals surface area (Å²) >= 11 is 0. The van der Waals surface area contributed by atoms with Crippen LogP contribution >= 0.6 is 0 Å². The molecule has 0 saturated carbocycles. The molecule has 1 amide bonds. The van der Waals surface area contributed by atoms with Gasteiger partial charge in [0.05, 0.1) is 11.4 Å². The SMILES string of the molecule is C[C@H]1C[C@H](C)CN(CCCNC(=O)c2cccc(N3CCCCS3(=O)=O)c2)C1. The highest BCUT2D eigenvalue weighted by molar-refractivity contribution is 7.92. The lowest BCUT2D eigenvalue weighted by Crippen LogP contribution is -2.40. The van der Waals surface area contributed by atoms with Crippen LogP contribution in [-0.4, -0.2) is 57.7 Å². The number of piperidine rings is 1. The summed E-state index contributed by atoms with van der Waals surface area (Å²) in [4.78, 5) is 15.0. The first kappa shape index (κ1) is 21.1. The minimum atomic E-state index is -3.27. The highest BCUT2D eigenvalue weighted by Gasteiger charge is 2.26. The summed E-state index contributed by atoms with van der Waals surface area (Å²) in [6.45, 7) is 9.01. The van der Waals surface area contributed by atoms with Crippen LogP contribution in [0.15, 0.2) is 24.3 Å². The van der Waals surface area contributed by atoms with E-state index in [1.165, 1.54) is 10.7 Å². The Labute approximate surface area is 169 Å². The van der Waals surface area contributed by atoms with Crippen LogP contribution < -0.4 is 9.62 Å². The molecule has 28 heavy (non-hydrogen) atoms. The highest BCUT2D eigenvalue weighted by Crippen LogP contribution is 2.24. The van der Waals surface area contributed by atoms with E-state index in [1.807, 2.05) is 0 Å². The van der Waals surface area contributed by atoms with E-state index in [9.17, 15) is 13.2 Å². The average Bonchev–Trinajstić information content (AvgIpc) is 2.64. The summed E-state index contributed by atoms with van der Waals surface area (Å²) < 4.78 is 26.0. The first-order valence-corrected chi connectivity index (χ1v) is 12.1. The molecule has 0 bridgehead atoms. The molecule has 1 aromatic carbocycles. The molecular weight excluding hydrogens is 374 g/mol. The molecule has 1 aromatic rings. The van der Waals surface area contributed by atoms with Crippen molar-refractivity contribution < 1.29 is 13.2 Å². The Morgan fingerprint density at radius 3 is 2.64 bits per heavy atom. The fourth-order valence-corrected chi connectivity index (χ4v) is 6.09. The van der Waals surface area contributed by atoms with E-state index < -0.39 is 10.0 Å². The van der Waals surface area contributed by atoms with Crippen molar-refractivity contribution >= 4 is 21.6 Å².